The lowest BCUT2D eigenvalue weighted by Crippen LogP contribution is -2.35. The number of ether oxygens (including phenoxy) is 3. The molecule has 0 saturated carbocycles. The van der Waals surface area contributed by atoms with Crippen LogP contribution in [-0.2, 0) is 24.8 Å². The van der Waals surface area contributed by atoms with Crippen LogP contribution in [-0.4, -0.2) is 101 Å². The molecule has 0 aliphatic carbocycles. The molecule has 6 rings (SSSR count). The molecule has 2 amide bonds. The molecule has 0 bridgehead atoms. The number of carbonyl (C=O) groups is 2. The van der Waals surface area contributed by atoms with Gasteiger partial charge in [-0.15, -0.1) is 16.7 Å². The maximum Gasteiger partial charge on any atom is 0.355 e. The second-order valence-corrected chi connectivity index (χ2v) is 17.4. The average Bonchev–Trinajstić information content (AvgIpc) is 3.53. The van der Waals surface area contributed by atoms with Crippen molar-refractivity contribution in [3.63, 3.8) is 0 Å². The summed E-state index contributed by atoms with van der Waals surface area (Å²) in [5.74, 6) is -0.451. The van der Waals surface area contributed by atoms with Gasteiger partial charge in [-0.3, -0.25) is 15.0 Å². The summed E-state index contributed by atoms with van der Waals surface area (Å²) in [6.07, 6.45) is 2.51. The Hall–Kier alpha value is -6.12. The van der Waals surface area contributed by atoms with Gasteiger partial charge in [-0.1, -0.05) is 46.9 Å². The molecule has 21 nitrogen and oxygen atoms in total. The van der Waals surface area contributed by atoms with Crippen LogP contribution in [0.4, 0.5) is 25.2 Å². The molecule has 3 aromatic heterocycles. The third-order valence-corrected chi connectivity index (χ3v) is 10.7. The van der Waals surface area contributed by atoms with E-state index in [1.54, 1.807) is 43.5 Å². The second kappa shape index (κ2) is 22.7. The number of nitrogens with one attached hydrogen (secondary N) is 3. The average molecular weight is 1030 g/mol. The maximum absolute atomic E-state index is 12.8. The molecule has 0 aliphatic rings. The first kappa shape index (κ1) is 51.5. The number of carbonyl (C=O) groups excluding carboxylic acids is 1. The highest BCUT2D eigenvalue weighted by atomic mass is 35.5. The number of methoxy groups -OCH3 is 1. The Kier molecular flexibility index (Phi) is 18.0. The van der Waals surface area contributed by atoms with Crippen LogP contribution in [0.5, 0.6) is 17.5 Å². The molecule has 0 aliphatic heterocycles. The highest BCUT2D eigenvalue weighted by Gasteiger charge is 2.24. The van der Waals surface area contributed by atoms with Gasteiger partial charge in [-0.2, -0.15) is 28.4 Å². The van der Waals surface area contributed by atoms with Gasteiger partial charge in [0.25, 0.3) is 10.0 Å². The van der Waals surface area contributed by atoms with Gasteiger partial charge in [-0.25, -0.2) is 40.5 Å². The molecule has 3 aromatic carbocycles. The summed E-state index contributed by atoms with van der Waals surface area (Å²) in [6, 6.07) is 13.9. The van der Waals surface area contributed by atoms with E-state index in [-0.39, 0.29) is 72.7 Å². The zero-order valence-corrected chi connectivity index (χ0v) is 38.5. The summed E-state index contributed by atoms with van der Waals surface area (Å²) < 4.78 is 93.3. The van der Waals surface area contributed by atoms with Gasteiger partial charge in [0, 0.05) is 11.6 Å². The molecule has 6 aromatic rings. The molecule has 0 saturated heterocycles. The SMILES string of the molecule is COc1nc(C)nc(NC(=O)NS(=O)(=O)c2ccccc2OCCCl)n1.Cc1nn(-c2cc(NS(C)(=O)=O)c(Cl)cc2Cl)c(=O)n1C(F)F.O=C(O)COc1ccc(Cl)c2cccnc12. The smallest absolute Gasteiger partial charge is 0.355 e. The van der Waals surface area contributed by atoms with Crippen molar-refractivity contribution in [3.8, 4) is 23.2 Å². The number of sulfonamides is 2. The Morgan fingerprint density at radius 3 is 2.25 bits per heavy atom. The third kappa shape index (κ3) is 14.4. The number of carboxylic acids is 1. The molecule has 0 unspecified atom stereocenters. The van der Waals surface area contributed by atoms with Gasteiger partial charge < -0.3 is 19.3 Å². The van der Waals surface area contributed by atoms with Crippen LogP contribution in [0.3, 0.4) is 0 Å². The number of rotatable bonds is 14. The number of hydrogen-bond acceptors (Lipinski definition) is 15. The Balaban J connectivity index is 0.000000219. The molecular formula is C36H34Cl4F2N10O11S2. The molecule has 0 radical (unpaired) electrons. The Bertz CT molecular complexity index is 2990. The van der Waals surface area contributed by atoms with Crippen LogP contribution in [0.25, 0.3) is 16.6 Å². The van der Waals surface area contributed by atoms with Crippen LogP contribution in [0.15, 0.2) is 76.6 Å². The van der Waals surface area contributed by atoms with Crippen molar-refractivity contribution in [3.05, 3.63) is 104 Å². The number of urea groups is 1. The maximum atomic E-state index is 12.8. The summed E-state index contributed by atoms with van der Waals surface area (Å²) >= 11 is 23.4. The van der Waals surface area contributed by atoms with Crippen LogP contribution in [0, 0.1) is 13.8 Å². The lowest BCUT2D eigenvalue weighted by atomic mass is 10.2. The minimum Gasteiger partial charge on any atom is -0.491 e. The molecule has 0 fully saturated rings. The molecule has 29 heteroatoms. The Morgan fingerprint density at radius 1 is 0.908 bits per heavy atom. The number of anilines is 2. The van der Waals surface area contributed by atoms with Crippen molar-refractivity contribution >= 4 is 101 Å². The summed E-state index contributed by atoms with van der Waals surface area (Å²) in [4.78, 5) is 49.9. The summed E-state index contributed by atoms with van der Waals surface area (Å²) in [5, 5.41) is 15.7. The molecule has 3 heterocycles. The highest BCUT2D eigenvalue weighted by Crippen LogP contribution is 2.32. The van der Waals surface area contributed by atoms with Crippen molar-refractivity contribution in [2.45, 2.75) is 25.3 Å². The van der Waals surface area contributed by atoms with E-state index in [2.05, 4.69) is 35.1 Å². The van der Waals surface area contributed by atoms with Crippen molar-refractivity contribution in [2.24, 2.45) is 0 Å². The number of carboxylic acid groups (broad SMARTS) is 1. The van der Waals surface area contributed by atoms with Gasteiger partial charge in [0.1, 0.15) is 40.2 Å². The van der Waals surface area contributed by atoms with E-state index in [1.807, 2.05) is 4.72 Å². The predicted octanol–water partition coefficient (Wildman–Crippen LogP) is 6.08. The fraction of sp³-hybridized carbons (Fsp3) is 0.222. The standard InChI is InChI=1S/C14H16ClN5O5S.C11H10Cl2F2N4O3S.C11H8ClNO3/c1-9-16-12(19-14(17-9)24-2)18-13(21)20-26(22,23)11-6-4-3-5-10(11)25-8-7-15;1-5-16-19(11(20)18(5)10(14)15)9-4-8(17-23(2,21)22)6(12)3-7(9)13;12-8-3-4-9(16-6-10(14)15)11-7(8)2-1-5-13-11/h3-6H,7-8H2,1-2H3,(H2,16,17,18,19,20,21);3-4,10,17H,1-2H3;1-5H,6H2,(H,14,15). The van der Waals surface area contributed by atoms with Crippen LogP contribution in [0.1, 0.15) is 18.2 Å². The minimum atomic E-state index is -4.20. The van der Waals surface area contributed by atoms with E-state index in [0.29, 0.717) is 21.0 Å². The van der Waals surface area contributed by atoms with E-state index in [0.717, 1.165) is 17.7 Å². The quantitative estimate of drug-likeness (QED) is 0.0899. The zero-order valence-electron chi connectivity index (χ0n) is 33.8. The number of hydrogen-bond donors (Lipinski definition) is 4. The van der Waals surface area contributed by atoms with Gasteiger partial charge in [0.05, 0.1) is 45.7 Å². The fourth-order valence-electron chi connectivity index (χ4n) is 5.05. The molecule has 348 valence electrons. The van der Waals surface area contributed by atoms with Crippen molar-refractivity contribution in [2.75, 3.05) is 42.5 Å². The number of alkyl halides is 3. The molecule has 4 N–H and O–H groups in total. The van der Waals surface area contributed by atoms with Crippen LogP contribution in [0.2, 0.25) is 15.1 Å². The number of aromatic nitrogens is 7. The Labute approximate surface area is 387 Å². The number of nitrogens with zero attached hydrogens (tertiary/aromatic N) is 7. The van der Waals surface area contributed by atoms with Crippen LogP contribution < -0.4 is 34.7 Å². The molecular weight excluding hydrogens is 992 g/mol. The van der Waals surface area contributed by atoms with E-state index in [4.69, 9.17) is 65.7 Å². The van der Waals surface area contributed by atoms with Crippen molar-refractivity contribution in [1.82, 2.24) is 39.0 Å². The number of halogens is 6. The number of benzene rings is 3. The number of fused-ring (bicyclic) bond motifs is 1. The van der Waals surface area contributed by atoms with Gasteiger partial charge in [0.2, 0.25) is 16.0 Å². The predicted molar refractivity (Wildman–Crippen MR) is 235 cm³/mol. The van der Waals surface area contributed by atoms with E-state index >= 15 is 0 Å². The summed E-state index contributed by atoms with van der Waals surface area (Å²) in [6.45, 7) is -0.564. The van der Waals surface area contributed by atoms with Gasteiger partial charge in [-0.05, 0) is 62.4 Å². The summed E-state index contributed by atoms with van der Waals surface area (Å²) in [5.41, 5.74) is -0.706. The second-order valence-electron chi connectivity index (χ2n) is 12.4. The molecule has 0 spiro atoms. The van der Waals surface area contributed by atoms with E-state index in [1.165, 1.54) is 38.3 Å². The monoisotopic (exact) mass is 1020 g/mol. The van der Waals surface area contributed by atoms with E-state index in [9.17, 15) is 40.0 Å². The lowest BCUT2D eigenvalue weighted by Gasteiger charge is -2.12. The molecule has 65 heavy (non-hydrogen) atoms. The zero-order chi connectivity index (χ0) is 48.2. The highest BCUT2D eigenvalue weighted by molar-refractivity contribution is 7.92. The summed E-state index contributed by atoms with van der Waals surface area (Å²) in [7, 11) is -6.50. The number of amides is 2. The number of aryl methyl sites for hydroxylation is 2. The van der Waals surface area contributed by atoms with Crippen molar-refractivity contribution < 1.29 is 54.5 Å². The first-order chi connectivity index (χ1) is 30.5. The minimum absolute atomic E-state index is 0.0181. The normalized spacial score (nSPS) is 11.1. The van der Waals surface area contributed by atoms with Gasteiger partial charge in [0.15, 0.2) is 6.61 Å². The fourth-order valence-corrected chi connectivity index (χ4v) is 7.53. The number of pyridine rings is 1. The number of para-hydroxylation sites is 1. The lowest BCUT2D eigenvalue weighted by molar-refractivity contribution is -0.139. The largest absolute Gasteiger partial charge is 0.491 e. The van der Waals surface area contributed by atoms with E-state index < -0.39 is 50.9 Å². The van der Waals surface area contributed by atoms with Gasteiger partial charge >= 0.3 is 30.3 Å². The topological polar surface area (TPSA) is 278 Å². The first-order valence-electron chi connectivity index (χ1n) is 17.7. The molecule has 0 atom stereocenters. The number of aliphatic carboxylic acids is 1. The van der Waals surface area contributed by atoms with Crippen molar-refractivity contribution in [1.29, 1.82) is 0 Å². The first-order valence-corrected chi connectivity index (χ1v) is 22.8. The Morgan fingerprint density at radius 2 is 1.62 bits per heavy atom. The van der Waals surface area contributed by atoms with Crippen LogP contribution >= 0.6 is 46.4 Å². The third-order valence-electron chi connectivity index (χ3n) is 7.60.